The predicted molar refractivity (Wildman–Crippen MR) is 81.7 cm³/mol. The average Bonchev–Trinajstić information content (AvgIpc) is 2.78. The average molecular weight is 288 g/mol. The third-order valence-corrected chi connectivity index (χ3v) is 5.10. The Kier molecular flexibility index (Phi) is 3.40. The molecule has 3 heterocycles. The van der Waals surface area contributed by atoms with Gasteiger partial charge in [0.2, 0.25) is 0 Å². The maximum absolute atomic E-state index is 6.33. The maximum Gasteiger partial charge on any atom is 0.123 e. The number of likely N-dealkylation sites (tertiary alicyclic amines) is 1. The van der Waals surface area contributed by atoms with Crippen molar-refractivity contribution in [2.24, 2.45) is 0 Å². The first-order valence-corrected chi connectivity index (χ1v) is 8.03. The van der Waals surface area contributed by atoms with Crippen LogP contribution in [0.1, 0.15) is 24.0 Å². The molecule has 4 heteroatoms. The summed E-state index contributed by atoms with van der Waals surface area (Å²) in [5.74, 6) is 1.11. The summed E-state index contributed by atoms with van der Waals surface area (Å²) in [4.78, 5) is 2.40. The van der Waals surface area contributed by atoms with E-state index in [0.717, 1.165) is 57.9 Å². The lowest BCUT2D eigenvalue weighted by Crippen LogP contribution is -2.45. The molecule has 1 spiro atoms. The molecule has 0 aromatic heterocycles. The summed E-state index contributed by atoms with van der Waals surface area (Å²) in [6.07, 6.45) is 3.37. The molecule has 1 N–H and O–H groups in total. The van der Waals surface area contributed by atoms with Crippen LogP contribution in [0.15, 0.2) is 18.2 Å². The van der Waals surface area contributed by atoms with Crippen LogP contribution in [0.4, 0.5) is 0 Å². The van der Waals surface area contributed by atoms with E-state index in [4.69, 9.17) is 9.47 Å². The van der Waals surface area contributed by atoms with Crippen molar-refractivity contribution in [3.05, 3.63) is 29.3 Å². The van der Waals surface area contributed by atoms with Crippen LogP contribution in [0.2, 0.25) is 0 Å². The van der Waals surface area contributed by atoms with Crippen LogP contribution in [0.3, 0.4) is 0 Å². The molecule has 0 saturated carbocycles. The van der Waals surface area contributed by atoms with E-state index in [1.54, 1.807) is 0 Å². The second kappa shape index (κ2) is 5.27. The van der Waals surface area contributed by atoms with Gasteiger partial charge in [-0.15, -0.1) is 0 Å². The van der Waals surface area contributed by atoms with E-state index in [-0.39, 0.29) is 5.60 Å². The van der Waals surface area contributed by atoms with Crippen LogP contribution in [0.5, 0.6) is 5.75 Å². The lowest BCUT2D eigenvalue weighted by Gasteiger charge is -2.37. The molecule has 21 heavy (non-hydrogen) atoms. The van der Waals surface area contributed by atoms with Gasteiger partial charge in [-0.25, -0.2) is 0 Å². The van der Waals surface area contributed by atoms with E-state index in [0.29, 0.717) is 6.04 Å². The molecule has 0 aliphatic carbocycles. The SMILES string of the molecule is CN1CCC2(CC1)Cc1cc(CNC3COC3)ccc1O2. The minimum atomic E-state index is 0.0721. The molecular formula is C17H24N2O2. The van der Waals surface area contributed by atoms with Crippen LogP contribution >= 0.6 is 0 Å². The fraction of sp³-hybridized carbons (Fsp3) is 0.647. The summed E-state index contributed by atoms with van der Waals surface area (Å²) >= 11 is 0. The number of hydrogen-bond donors (Lipinski definition) is 1. The minimum Gasteiger partial charge on any atom is -0.487 e. The largest absolute Gasteiger partial charge is 0.487 e. The van der Waals surface area contributed by atoms with Gasteiger partial charge in [0.15, 0.2) is 0 Å². The molecular weight excluding hydrogens is 264 g/mol. The molecule has 1 aromatic rings. The third-order valence-electron chi connectivity index (χ3n) is 5.10. The molecule has 114 valence electrons. The molecule has 1 aromatic carbocycles. The molecule has 0 amide bonds. The Balaban J connectivity index is 1.43. The molecule has 2 saturated heterocycles. The van der Waals surface area contributed by atoms with Gasteiger partial charge in [-0.05, 0) is 24.2 Å². The van der Waals surface area contributed by atoms with Crippen molar-refractivity contribution < 1.29 is 9.47 Å². The second-order valence-corrected chi connectivity index (χ2v) is 6.82. The van der Waals surface area contributed by atoms with Crippen molar-refractivity contribution in [1.29, 1.82) is 0 Å². The number of nitrogens with one attached hydrogen (secondary N) is 1. The normalized spacial score (nSPS) is 24.6. The Morgan fingerprint density at radius 1 is 1.29 bits per heavy atom. The molecule has 0 radical (unpaired) electrons. The van der Waals surface area contributed by atoms with Gasteiger partial charge in [0.25, 0.3) is 0 Å². The first kappa shape index (κ1) is 13.6. The Morgan fingerprint density at radius 2 is 2.10 bits per heavy atom. The highest BCUT2D eigenvalue weighted by Crippen LogP contribution is 2.41. The van der Waals surface area contributed by atoms with Gasteiger partial charge in [-0.3, -0.25) is 0 Å². The number of fused-ring (bicyclic) bond motifs is 1. The van der Waals surface area contributed by atoms with Crippen LogP contribution in [-0.4, -0.2) is 49.9 Å². The summed E-state index contributed by atoms with van der Waals surface area (Å²) in [5.41, 5.74) is 2.82. The minimum absolute atomic E-state index is 0.0721. The van der Waals surface area contributed by atoms with Gasteiger partial charge in [0.1, 0.15) is 11.4 Å². The Morgan fingerprint density at radius 3 is 2.81 bits per heavy atom. The van der Waals surface area contributed by atoms with Gasteiger partial charge in [-0.1, -0.05) is 12.1 Å². The zero-order valence-electron chi connectivity index (χ0n) is 12.7. The molecule has 0 bridgehead atoms. The highest BCUT2D eigenvalue weighted by Gasteiger charge is 2.41. The zero-order chi connectivity index (χ0) is 14.3. The number of piperidine rings is 1. The smallest absolute Gasteiger partial charge is 0.123 e. The number of rotatable bonds is 3. The van der Waals surface area contributed by atoms with E-state index in [9.17, 15) is 0 Å². The van der Waals surface area contributed by atoms with E-state index < -0.39 is 0 Å². The van der Waals surface area contributed by atoms with E-state index >= 15 is 0 Å². The Hall–Kier alpha value is -1.10. The molecule has 4 nitrogen and oxygen atoms in total. The Labute approximate surface area is 126 Å². The quantitative estimate of drug-likeness (QED) is 0.915. The van der Waals surface area contributed by atoms with Crippen molar-refractivity contribution in [2.45, 2.75) is 37.5 Å². The highest BCUT2D eigenvalue weighted by atomic mass is 16.5. The summed E-state index contributed by atoms with van der Waals surface area (Å²) in [7, 11) is 2.20. The van der Waals surface area contributed by atoms with Crippen molar-refractivity contribution in [3.63, 3.8) is 0 Å². The number of ether oxygens (including phenoxy) is 2. The van der Waals surface area contributed by atoms with Gasteiger partial charge < -0.3 is 19.7 Å². The summed E-state index contributed by atoms with van der Waals surface area (Å²) in [5, 5.41) is 3.53. The fourth-order valence-electron chi connectivity index (χ4n) is 3.52. The second-order valence-electron chi connectivity index (χ2n) is 6.82. The topological polar surface area (TPSA) is 33.7 Å². The van der Waals surface area contributed by atoms with Crippen molar-refractivity contribution >= 4 is 0 Å². The van der Waals surface area contributed by atoms with E-state index in [1.807, 2.05) is 0 Å². The summed E-state index contributed by atoms with van der Waals surface area (Å²) in [6.45, 7) is 4.92. The van der Waals surface area contributed by atoms with Crippen molar-refractivity contribution in [1.82, 2.24) is 10.2 Å². The molecule has 3 aliphatic heterocycles. The number of hydrogen-bond acceptors (Lipinski definition) is 4. The van der Waals surface area contributed by atoms with Crippen molar-refractivity contribution in [3.8, 4) is 5.75 Å². The van der Waals surface area contributed by atoms with Gasteiger partial charge in [-0.2, -0.15) is 0 Å². The monoisotopic (exact) mass is 288 g/mol. The summed E-state index contributed by atoms with van der Waals surface area (Å²) < 4.78 is 11.5. The zero-order valence-corrected chi connectivity index (χ0v) is 12.7. The number of nitrogens with zero attached hydrogens (tertiary/aromatic N) is 1. The lowest BCUT2D eigenvalue weighted by molar-refractivity contribution is -0.00578. The first-order valence-electron chi connectivity index (χ1n) is 8.03. The molecule has 2 fully saturated rings. The van der Waals surface area contributed by atoms with E-state index in [1.165, 1.54) is 11.1 Å². The van der Waals surface area contributed by atoms with Gasteiger partial charge >= 0.3 is 0 Å². The van der Waals surface area contributed by atoms with E-state index in [2.05, 4.69) is 35.5 Å². The molecule has 4 rings (SSSR count). The third kappa shape index (κ3) is 2.68. The lowest BCUT2D eigenvalue weighted by atomic mass is 9.87. The maximum atomic E-state index is 6.33. The first-order chi connectivity index (χ1) is 10.2. The van der Waals surface area contributed by atoms with Gasteiger partial charge in [0, 0.05) is 38.9 Å². The summed E-state index contributed by atoms with van der Waals surface area (Å²) in [6, 6.07) is 7.22. The predicted octanol–water partition coefficient (Wildman–Crippen LogP) is 1.57. The highest BCUT2D eigenvalue weighted by molar-refractivity contribution is 5.42. The van der Waals surface area contributed by atoms with Gasteiger partial charge in [0.05, 0.1) is 19.3 Å². The molecule has 0 atom stereocenters. The fourth-order valence-corrected chi connectivity index (χ4v) is 3.52. The van der Waals surface area contributed by atoms with Crippen LogP contribution in [-0.2, 0) is 17.7 Å². The molecule has 3 aliphatic rings. The molecule has 0 unspecified atom stereocenters. The Bertz CT molecular complexity index is 520. The van der Waals surface area contributed by atoms with Crippen molar-refractivity contribution in [2.75, 3.05) is 33.4 Å². The van der Waals surface area contributed by atoms with Crippen LogP contribution in [0.25, 0.3) is 0 Å². The number of benzene rings is 1. The van der Waals surface area contributed by atoms with Crippen LogP contribution in [0, 0.1) is 0 Å². The standard InChI is InChI=1S/C17H24N2O2/c1-19-6-4-17(5-7-19)9-14-8-13(2-3-16(14)21-17)10-18-15-11-20-12-15/h2-3,8,15,18H,4-7,9-12H2,1H3. The van der Waals surface area contributed by atoms with Crippen LogP contribution < -0.4 is 10.1 Å².